The lowest BCUT2D eigenvalue weighted by molar-refractivity contribution is -0.137. The van der Waals surface area contributed by atoms with Gasteiger partial charge in [-0.15, -0.1) is 0 Å². The van der Waals surface area contributed by atoms with Crippen LogP contribution in [0, 0.1) is 6.92 Å². The van der Waals surface area contributed by atoms with Crippen LogP contribution in [0.5, 0.6) is 0 Å². The number of rotatable bonds is 4. The molecular formula is C25H16Cl2F3NO3. The van der Waals surface area contributed by atoms with Gasteiger partial charge in [0.1, 0.15) is 5.58 Å². The fourth-order valence-corrected chi connectivity index (χ4v) is 4.00. The van der Waals surface area contributed by atoms with Crippen LogP contribution < -0.4 is 10.9 Å². The number of alkyl halides is 3. The van der Waals surface area contributed by atoms with Crippen molar-refractivity contribution >= 4 is 45.8 Å². The molecule has 1 aromatic heterocycles. The minimum Gasteiger partial charge on any atom is -0.422 e. The molecule has 1 N–H and O–H groups in total. The maximum Gasteiger partial charge on any atom is 0.418 e. The second kappa shape index (κ2) is 9.16. The highest BCUT2D eigenvalue weighted by Crippen LogP contribution is 2.37. The van der Waals surface area contributed by atoms with E-state index in [0.29, 0.717) is 21.5 Å². The van der Waals surface area contributed by atoms with Crippen LogP contribution in [0.2, 0.25) is 10.0 Å². The Morgan fingerprint density at radius 1 is 1.03 bits per heavy atom. The number of hydrogen-bond acceptors (Lipinski definition) is 3. The van der Waals surface area contributed by atoms with Crippen LogP contribution in [0.15, 0.2) is 69.9 Å². The van der Waals surface area contributed by atoms with E-state index in [0.717, 1.165) is 17.7 Å². The Hall–Kier alpha value is -3.29. The molecule has 4 aromatic rings. The summed E-state index contributed by atoms with van der Waals surface area (Å²) in [6, 6.07) is 15.2. The molecule has 3 aromatic carbocycles. The zero-order valence-corrected chi connectivity index (χ0v) is 19.1. The monoisotopic (exact) mass is 505 g/mol. The fourth-order valence-electron chi connectivity index (χ4n) is 3.68. The molecule has 34 heavy (non-hydrogen) atoms. The predicted octanol–water partition coefficient (Wildman–Crippen LogP) is 7.28. The van der Waals surface area contributed by atoms with Crippen molar-refractivity contribution in [3.63, 3.8) is 0 Å². The number of amides is 1. The number of hydrogen-bond donors (Lipinski definition) is 1. The summed E-state index contributed by atoms with van der Waals surface area (Å²) in [6.07, 6.45) is -5.24. The molecule has 0 atom stereocenters. The van der Waals surface area contributed by atoms with E-state index in [1.54, 1.807) is 43.3 Å². The Morgan fingerprint density at radius 3 is 2.41 bits per heavy atom. The smallest absolute Gasteiger partial charge is 0.418 e. The van der Waals surface area contributed by atoms with Gasteiger partial charge >= 0.3 is 11.8 Å². The molecule has 0 fully saturated rings. The second-order valence-corrected chi connectivity index (χ2v) is 8.46. The van der Waals surface area contributed by atoms with Crippen molar-refractivity contribution in [2.24, 2.45) is 0 Å². The molecule has 1 amide bonds. The van der Waals surface area contributed by atoms with Crippen molar-refractivity contribution in [3.05, 3.63) is 97.8 Å². The lowest BCUT2D eigenvalue weighted by atomic mass is 9.94. The van der Waals surface area contributed by atoms with E-state index in [4.69, 9.17) is 27.6 Å². The zero-order valence-electron chi connectivity index (χ0n) is 17.6. The maximum atomic E-state index is 13.4. The molecule has 4 rings (SSSR count). The summed E-state index contributed by atoms with van der Waals surface area (Å²) in [6.45, 7) is 1.78. The Kier molecular flexibility index (Phi) is 6.43. The van der Waals surface area contributed by atoms with E-state index < -0.39 is 35.4 Å². The number of fused-ring (bicyclic) bond motifs is 1. The quantitative estimate of drug-likeness (QED) is 0.296. The van der Waals surface area contributed by atoms with Crippen LogP contribution in [0.1, 0.15) is 16.7 Å². The van der Waals surface area contributed by atoms with Gasteiger partial charge in [-0.25, -0.2) is 4.79 Å². The van der Waals surface area contributed by atoms with Crippen LogP contribution in [0.4, 0.5) is 18.9 Å². The Bertz CT molecular complexity index is 1460. The Labute approximate surface area is 201 Å². The summed E-state index contributed by atoms with van der Waals surface area (Å²) < 4.78 is 45.7. The minimum atomic E-state index is -4.73. The molecule has 0 aliphatic rings. The molecule has 0 saturated carbocycles. The molecule has 4 nitrogen and oxygen atoms in total. The highest BCUT2D eigenvalue weighted by atomic mass is 35.5. The van der Waals surface area contributed by atoms with Crippen LogP contribution in [0.3, 0.4) is 0 Å². The summed E-state index contributed by atoms with van der Waals surface area (Å²) in [5.74, 6) is -0.817. The summed E-state index contributed by atoms with van der Waals surface area (Å²) in [7, 11) is 0. The van der Waals surface area contributed by atoms with E-state index in [2.05, 4.69) is 5.32 Å². The lowest BCUT2D eigenvalue weighted by Crippen LogP contribution is -2.22. The van der Waals surface area contributed by atoms with E-state index in [-0.39, 0.29) is 16.2 Å². The minimum absolute atomic E-state index is 0.0143. The van der Waals surface area contributed by atoms with Crippen LogP contribution >= 0.6 is 23.2 Å². The third kappa shape index (κ3) is 4.81. The first-order valence-corrected chi connectivity index (χ1v) is 10.8. The van der Waals surface area contributed by atoms with E-state index in [1.165, 1.54) is 12.1 Å². The van der Waals surface area contributed by atoms with Gasteiger partial charge in [0.25, 0.3) is 0 Å². The number of halogens is 5. The van der Waals surface area contributed by atoms with Gasteiger partial charge in [-0.2, -0.15) is 13.2 Å². The van der Waals surface area contributed by atoms with Crippen molar-refractivity contribution in [2.75, 3.05) is 5.32 Å². The standard InChI is InChI=1S/C25H16Cl2F3NO3/c1-13-9-16-21(12-19(13)27)34-24(33)17(23(16)14-5-3-2-4-6-14)11-22(32)31-20-8-7-15(26)10-18(20)25(28,29)30/h2-10,12H,11H2,1H3,(H,31,32). The normalized spacial score (nSPS) is 11.6. The summed E-state index contributed by atoms with van der Waals surface area (Å²) in [4.78, 5) is 25.7. The van der Waals surface area contributed by atoms with Gasteiger partial charge in [0, 0.05) is 27.1 Å². The highest BCUT2D eigenvalue weighted by Gasteiger charge is 2.34. The molecular weight excluding hydrogens is 490 g/mol. The first-order chi connectivity index (χ1) is 16.0. The molecule has 0 spiro atoms. The first kappa shape index (κ1) is 23.9. The molecule has 0 saturated heterocycles. The number of carbonyl (C=O) groups excluding carboxylic acids is 1. The summed E-state index contributed by atoms with van der Waals surface area (Å²) in [5.41, 5.74) is -0.258. The van der Waals surface area contributed by atoms with Crippen molar-refractivity contribution in [1.82, 2.24) is 0 Å². The van der Waals surface area contributed by atoms with E-state index >= 15 is 0 Å². The van der Waals surface area contributed by atoms with Crippen molar-refractivity contribution in [2.45, 2.75) is 19.5 Å². The van der Waals surface area contributed by atoms with Crippen molar-refractivity contribution < 1.29 is 22.4 Å². The van der Waals surface area contributed by atoms with Crippen molar-refractivity contribution in [3.8, 4) is 11.1 Å². The van der Waals surface area contributed by atoms with Crippen LogP contribution in [0.25, 0.3) is 22.1 Å². The van der Waals surface area contributed by atoms with Gasteiger partial charge < -0.3 is 9.73 Å². The van der Waals surface area contributed by atoms with Crippen LogP contribution in [-0.2, 0) is 17.4 Å². The number of anilines is 1. The number of nitrogens with one attached hydrogen (secondary N) is 1. The molecule has 9 heteroatoms. The zero-order chi connectivity index (χ0) is 24.6. The predicted molar refractivity (Wildman–Crippen MR) is 126 cm³/mol. The van der Waals surface area contributed by atoms with Gasteiger partial charge in [0.15, 0.2) is 0 Å². The summed E-state index contributed by atoms with van der Waals surface area (Å²) >= 11 is 11.9. The topological polar surface area (TPSA) is 59.3 Å². The molecule has 1 heterocycles. The number of carbonyl (C=O) groups is 1. The molecule has 0 aliphatic heterocycles. The van der Waals surface area contributed by atoms with Gasteiger partial charge in [0.05, 0.1) is 23.2 Å². The molecule has 0 radical (unpaired) electrons. The molecule has 174 valence electrons. The fraction of sp³-hybridized carbons (Fsp3) is 0.120. The summed E-state index contributed by atoms with van der Waals surface area (Å²) in [5, 5.41) is 3.08. The second-order valence-electron chi connectivity index (χ2n) is 7.62. The number of benzene rings is 3. The van der Waals surface area contributed by atoms with Gasteiger partial charge in [-0.1, -0.05) is 53.5 Å². The first-order valence-electron chi connectivity index (χ1n) is 10.0. The third-order valence-corrected chi connectivity index (χ3v) is 5.88. The molecule has 0 aliphatic carbocycles. The average molecular weight is 506 g/mol. The highest BCUT2D eigenvalue weighted by molar-refractivity contribution is 6.32. The average Bonchev–Trinajstić information content (AvgIpc) is 2.77. The maximum absolute atomic E-state index is 13.4. The Morgan fingerprint density at radius 2 is 1.74 bits per heavy atom. The van der Waals surface area contributed by atoms with Gasteiger partial charge in [-0.3, -0.25) is 4.79 Å². The molecule has 0 unspecified atom stereocenters. The van der Waals surface area contributed by atoms with Gasteiger partial charge in [-0.05, 0) is 42.3 Å². The van der Waals surface area contributed by atoms with Gasteiger partial charge in [0.2, 0.25) is 5.91 Å². The largest absolute Gasteiger partial charge is 0.422 e. The van der Waals surface area contributed by atoms with E-state index in [9.17, 15) is 22.8 Å². The third-order valence-electron chi connectivity index (χ3n) is 5.24. The molecule has 0 bridgehead atoms. The van der Waals surface area contributed by atoms with E-state index in [1.807, 2.05) is 0 Å². The Balaban J connectivity index is 1.82. The SMILES string of the molecule is Cc1cc2c(-c3ccccc3)c(CC(=O)Nc3ccc(Cl)cc3C(F)(F)F)c(=O)oc2cc1Cl. The van der Waals surface area contributed by atoms with Crippen LogP contribution in [-0.4, -0.2) is 5.91 Å². The van der Waals surface area contributed by atoms with Crippen molar-refractivity contribution in [1.29, 1.82) is 0 Å². The lowest BCUT2D eigenvalue weighted by Gasteiger charge is -2.16. The number of aryl methyl sites for hydroxylation is 1.